The highest BCUT2D eigenvalue weighted by molar-refractivity contribution is 6.03. The van der Waals surface area contributed by atoms with Crippen LogP contribution in [-0.4, -0.2) is 102 Å². The number of pyridine rings is 1. The Morgan fingerprint density at radius 2 is 1.92 bits per heavy atom. The van der Waals surface area contributed by atoms with Gasteiger partial charge in [0, 0.05) is 62.3 Å². The summed E-state index contributed by atoms with van der Waals surface area (Å²) in [5, 5.41) is 15.9. The third kappa shape index (κ3) is 5.53. The summed E-state index contributed by atoms with van der Waals surface area (Å²) in [6, 6.07) is 8.54. The van der Waals surface area contributed by atoms with Crippen LogP contribution in [0.15, 0.2) is 30.3 Å². The molecule has 4 aliphatic rings. The van der Waals surface area contributed by atoms with E-state index in [1.807, 2.05) is 6.92 Å². The molecule has 49 heavy (non-hydrogen) atoms. The number of amides is 1. The van der Waals surface area contributed by atoms with E-state index >= 15 is 8.78 Å². The molecule has 4 fully saturated rings. The molecule has 8 rings (SSSR count). The number of hydrogen-bond donors (Lipinski definition) is 3. The molecule has 4 atom stereocenters. The molecular weight excluding hydrogens is 630 g/mol. The summed E-state index contributed by atoms with van der Waals surface area (Å²) in [4.78, 5) is 26.6. The summed E-state index contributed by atoms with van der Waals surface area (Å²) in [5.74, 6) is 0.0925. The molecule has 0 radical (unpaired) electrons. The number of phenolic OH excluding ortho intramolecular Hbond substituents is 1. The van der Waals surface area contributed by atoms with Gasteiger partial charge in [-0.1, -0.05) is 13.0 Å². The molecule has 6 heterocycles. The molecule has 0 saturated carbocycles. The first-order chi connectivity index (χ1) is 23.6. The van der Waals surface area contributed by atoms with Crippen LogP contribution in [0.5, 0.6) is 11.6 Å². The summed E-state index contributed by atoms with van der Waals surface area (Å²) in [6.07, 6.45) is 6.03. The summed E-state index contributed by atoms with van der Waals surface area (Å²) >= 11 is 0. The molecule has 0 aliphatic carbocycles. The van der Waals surface area contributed by atoms with Crippen molar-refractivity contribution >= 4 is 33.6 Å². The van der Waals surface area contributed by atoms with Gasteiger partial charge in [-0.15, -0.1) is 0 Å². The Labute approximate surface area is 284 Å². The minimum absolute atomic E-state index is 0.0259. The largest absolute Gasteiger partial charge is 0.508 e. The number of H-pyrrole nitrogens is 1. The number of anilines is 1. The Balaban J connectivity index is 1.17. The number of piperazine rings is 1. The number of rotatable bonds is 8. The number of carbonyl (C=O) groups excluding carboxylic acids is 1. The zero-order valence-corrected chi connectivity index (χ0v) is 28.3. The zero-order chi connectivity index (χ0) is 34.0. The van der Waals surface area contributed by atoms with Gasteiger partial charge in [-0.2, -0.15) is 4.98 Å². The lowest BCUT2D eigenvalue weighted by atomic mass is 9.95. The van der Waals surface area contributed by atoms with E-state index in [4.69, 9.17) is 14.5 Å². The van der Waals surface area contributed by atoms with Crippen LogP contribution < -0.4 is 15.0 Å². The monoisotopic (exact) mass is 674 g/mol. The number of nitrogens with one attached hydrogen (secondary N) is 2. The highest BCUT2D eigenvalue weighted by Crippen LogP contribution is 2.44. The molecule has 4 aromatic rings. The van der Waals surface area contributed by atoms with Crippen LogP contribution in [-0.2, 0) is 11.2 Å². The van der Waals surface area contributed by atoms with Crippen LogP contribution in [0.1, 0.15) is 51.0 Å². The second-order valence-electron chi connectivity index (χ2n) is 14.5. The normalized spacial score (nSPS) is 25.0. The molecule has 2 bridgehead atoms. The van der Waals surface area contributed by atoms with Gasteiger partial charge in [0.1, 0.15) is 24.8 Å². The van der Waals surface area contributed by atoms with E-state index in [2.05, 4.69) is 20.1 Å². The highest BCUT2D eigenvalue weighted by Gasteiger charge is 2.50. The maximum absolute atomic E-state index is 16.8. The Morgan fingerprint density at radius 1 is 1.12 bits per heavy atom. The lowest BCUT2D eigenvalue weighted by Crippen LogP contribution is -2.51. The molecule has 4 saturated heterocycles. The van der Waals surface area contributed by atoms with Crippen molar-refractivity contribution < 1.29 is 28.2 Å². The van der Waals surface area contributed by atoms with Crippen molar-refractivity contribution in [2.45, 2.75) is 75.5 Å². The van der Waals surface area contributed by atoms with E-state index in [1.54, 1.807) is 32.3 Å². The third-order valence-electron chi connectivity index (χ3n) is 11.3. The number of aryl methyl sites for hydroxylation is 1. The van der Waals surface area contributed by atoms with Crippen LogP contribution in [0.25, 0.3) is 32.9 Å². The first-order valence-corrected chi connectivity index (χ1v) is 17.6. The Kier molecular flexibility index (Phi) is 8.06. The number of aromatic amines is 1. The second kappa shape index (κ2) is 12.3. The number of hydrogen-bond acceptors (Lipinski definition) is 8. The van der Waals surface area contributed by atoms with Crippen LogP contribution in [0.4, 0.5) is 19.4 Å². The van der Waals surface area contributed by atoms with E-state index in [9.17, 15) is 9.90 Å². The lowest BCUT2D eigenvalue weighted by molar-refractivity contribution is 0.0494. The SMILES string of the molecule is CCc1c(F)ccc2cc(O)cc(-c3[nH]c4c(N5CC6CCC(C5)N6)nc(OC[C@]56CCCN5[C@@H](COC(=O)N(C)C)CC6)cc4c3F)c12. The van der Waals surface area contributed by atoms with Gasteiger partial charge in [-0.05, 0) is 86.0 Å². The minimum atomic E-state index is -0.496. The van der Waals surface area contributed by atoms with E-state index in [0.29, 0.717) is 76.2 Å². The average Bonchev–Trinajstić information content (AvgIpc) is 3.84. The van der Waals surface area contributed by atoms with E-state index in [-0.39, 0.29) is 34.9 Å². The van der Waals surface area contributed by atoms with Crippen molar-refractivity contribution in [1.29, 1.82) is 0 Å². The fourth-order valence-corrected chi connectivity index (χ4v) is 8.91. The topological polar surface area (TPSA) is 106 Å². The Hall–Kier alpha value is -4.16. The molecule has 12 heteroatoms. The third-order valence-corrected chi connectivity index (χ3v) is 11.3. The molecule has 260 valence electrons. The molecule has 4 aliphatic heterocycles. The number of nitrogens with zero attached hydrogens (tertiary/aromatic N) is 4. The van der Waals surface area contributed by atoms with Crippen molar-refractivity contribution in [3.05, 3.63) is 47.5 Å². The van der Waals surface area contributed by atoms with Crippen molar-refractivity contribution in [2.75, 3.05) is 51.8 Å². The van der Waals surface area contributed by atoms with Gasteiger partial charge in [0.15, 0.2) is 11.6 Å². The number of aromatic hydroxyl groups is 1. The van der Waals surface area contributed by atoms with Crippen molar-refractivity contribution in [2.24, 2.45) is 0 Å². The zero-order valence-electron chi connectivity index (χ0n) is 28.3. The number of carbonyl (C=O) groups is 1. The standard InChI is InChI=1S/C37H44F2N6O4/c1-4-26-29(38)9-6-21-14-25(46)15-27(31(21)26)33-32(39)28-16-30(41-35(34(28)42-33)44-17-22-7-8-23(18-44)40-22)49-20-37-11-5-13-45(37)24(10-12-37)19-48-36(47)43(2)3/h6,9,14-16,22-24,40,42,46H,4-5,7-8,10-13,17-20H2,1-3H3/t22?,23?,24-,37-/m1/s1. The molecule has 2 aromatic heterocycles. The smallest absolute Gasteiger partial charge is 0.409 e. The van der Waals surface area contributed by atoms with Gasteiger partial charge < -0.3 is 34.7 Å². The number of phenols is 1. The quantitative estimate of drug-likeness (QED) is 0.211. The Morgan fingerprint density at radius 3 is 2.67 bits per heavy atom. The summed E-state index contributed by atoms with van der Waals surface area (Å²) < 4.78 is 44.0. The van der Waals surface area contributed by atoms with Crippen LogP contribution in [0.3, 0.4) is 0 Å². The van der Waals surface area contributed by atoms with Gasteiger partial charge in [0.25, 0.3) is 0 Å². The highest BCUT2D eigenvalue weighted by atomic mass is 19.1. The summed E-state index contributed by atoms with van der Waals surface area (Å²) in [7, 11) is 3.36. The van der Waals surface area contributed by atoms with Gasteiger partial charge in [-0.3, -0.25) is 4.90 Å². The van der Waals surface area contributed by atoms with Crippen molar-refractivity contribution in [3.63, 3.8) is 0 Å². The first-order valence-electron chi connectivity index (χ1n) is 17.6. The molecular formula is C37H44F2N6O4. The first kappa shape index (κ1) is 32.1. The van der Waals surface area contributed by atoms with E-state index in [1.165, 1.54) is 17.0 Å². The van der Waals surface area contributed by atoms with Gasteiger partial charge >= 0.3 is 6.09 Å². The van der Waals surface area contributed by atoms with Crippen LogP contribution >= 0.6 is 0 Å². The molecule has 10 nitrogen and oxygen atoms in total. The summed E-state index contributed by atoms with van der Waals surface area (Å²) in [5.41, 5.74) is 1.40. The molecule has 2 aromatic carbocycles. The molecule has 0 spiro atoms. The number of fused-ring (bicyclic) bond motifs is 5. The summed E-state index contributed by atoms with van der Waals surface area (Å²) in [6.45, 7) is 4.98. The Bertz CT molecular complexity index is 1920. The van der Waals surface area contributed by atoms with Crippen molar-refractivity contribution in [3.8, 4) is 22.9 Å². The maximum atomic E-state index is 16.8. The van der Waals surface area contributed by atoms with Gasteiger partial charge in [0.05, 0.1) is 16.7 Å². The fourth-order valence-electron chi connectivity index (χ4n) is 8.91. The second-order valence-corrected chi connectivity index (χ2v) is 14.5. The fraction of sp³-hybridized carbons (Fsp3) is 0.514. The molecule has 1 amide bonds. The lowest BCUT2D eigenvalue weighted by Gasteiger charge is -2.35. The van der Waals surface area contributed by atoms with Crippen LogP contribution in [0, 0.1) is 11.6 Å². The number of aromatic nitrogens is 2. The van der Waals surface area contributed by atoms with Crippen LogP contribution in [0.2, 0.25) is 0 Å². The molecule has 3 N–H and O–H groups in total. The number of ether oxygens (including phenoxy) is 2. The number of halogens is 2. The maximum Gasteiger partial charge on any atom is 0.409 e. The van der Waals surface area contributed by atoms with E-state index in [0.717, 1.165) is 58.2 Å². The van der Waals surface area contributed by atoms with Gasteiger partial charge in [0.2, 0.25) is 5.88 Å². The minimum Gasteiger partial charge on any atom is -0.508 e. The average molecular weight is 675 g/mol. The predicted octanol–water partition coefficient (Wildman–Crippen LogP) is 5.94. The van der Waals surface area contributed by atoms with Gasteiger partial charge in [-0.25, -0.2) is 13.6 Å². The van der Waals surface area contributed by atoms with Crippen molar-refractivity contribution in [1.82, 2.24) is 25.1 Å². The molecule has 2 unspecified atom stereocenters. The number of benzene rings is 2. The van der Waals surface area contributed by atoms with E-state index < -0.39 is 5.82 Å². The predicted molar refractivity (Wildman–Crippen MR) is 184 cm³/mol.